The van der Waals surface area contributed by atoms with Gasteiger partial charge in [0.15, 0.2) is 0 Å². The van der Waals surface area contributed by atoms with E-state index in [0.29, 0.717) is 18.6 Å². The standard InChI is InChI=1S/C14H26O3/c1-3-5-6-7-8-9-11-17-12-10-13(4-2)14(15)16/h10H,3-9,11-12H2,1-2H3,(H,15,16). The lowest BCUT2D eigenvalue weighted by Gasteiger charge is -2.02. The van der Waals surface area contributed by atoms with Gasteiger partial charge in [-0.1, -0.05) is 46.0 Å². The van der Waals surface area contributed by atoms with Crippen molar-refractivity contribution in [2.75, 3.05) is 13.2 Å². The number of ether oxygens (including phenoxy) is 1. The molecule has 0 atom stereocenters. The molecule has 0 aromatic heterocycles. The van der Waals surface area contributed by atoms with E-state index in [9.17, 15) is 4.79 Å². The van der Waals surface area contributed by atoms with Crippen LogP contribution in [-0.4, -0.2) is 24.3 Å². The molecule has 0 aliphatic rings. The predicted molar refractivity (Wildman–Crippen MR) is 70.2 cm³/mol. The van der Waals surface area contributed by atoms with E-state index in [1.807, 2.05) is 6.92 Å². The molecule has 0 radical (unpaired) electrons. The summed E-state index contributed by atoms with van der Waals surface area (Å²) in [6.07, 6.45) is 9.70. The Kier molecular flexibility index (Phi) is 11.1. The van der Waals surface area contributed by atoms with Crippen LogP contribution in [0.15, 0.2) is 11.6 Å². The van der Waals surface area contributed by atoms with Crippen molar-refractivity contribution in [1.29, 1.82) is 0 Å². The van der Waals surface area contributed by atoms with Gasteiger partial charge in [0.1, 0.15) is 0 Å². The average Bonchev–Trinajstić information content (AvgIpc) is 2.31. The largest absolute Gasteiger partial charge is 0.478 e. The summed E-state index contributed by atoms with van der Waals surface area (Å²) in [7, 11) is 0. The van der Waals surface area contributed by atoms with E-state index in [2.05, 4.69) is 6.92 Å². The van der Waals surface area contributed by atoms with Crippen LogP contribution >= 0.6 is 0 Å². The molecule has 17 heavy (non-hydrogen) atoms. The molecule has 0 rings (SSSR count). The number of hydrogen-bond donors (Lipinski definition) is 1. The normalized spacial score (nSPS) is 11.8. The Hall–Kier alpha value is -0.830. The molecular formula is C14H26O3. The lowest BCUT2D eigenvalue weighted by Crippen LogP contribution is -2.02. The first-order valence-electron chi connectivity index (χ1n) is 6.72. The Morgan fingerprint density at radius 2 is 1.76 bits per heavy atom. The monoisotopic (exact) mass is 242 g/mol. The van der Waals surface area contributed by atoms with Crippen molar-refractivity contribution in [2.24, 2.45) is 0 Å². The second-order valence-corrected chi connectivity index (χ2v) is 4.23. The lowest BCUT2D eigenvalue weighted by atomic mass is 10.1. The molecule has 0 bridgehead atoms. The van der Waals surface area contributed by atoms with E-state index in [-0.39, 0.29) is 0 Å². The highest BCUT2D eigenvalue weighted by Crippen LogP contribution is 2.05. The van der Waals surface area contributed by atoms with Crippen LogP contribution < -0.4 is 0 Å². The molecule has 0 saturated carbocycles. The summed E-state index contributed by atoms with van der Waals surface area (Å²) < 4.78 is 5.38. The maximum Gasteiger partial charge on any atom is 0.331 e. The first kappa shape index (κ1) is 16.2. The molecule has 0 aliphatic heterocycles. The van der Waals surface area contributed by atoms with E-state index < -0.39 is 5.97 Å². The SMILES string of the molecule is CCCCCCCCOCC=C(CC)C(=O)O. The van der Waals surface area contributed by atoms with Gasteiger partial charge < -0.3 is 9.84 Å². The quantitative estimate of drug-likeness (QED) is 0.443. The minimum atomic E-state index is -0.837. The van der Waals surface area contributed by atoms with Crippen LogP contribution in [0.5, 0.6) is 0 Å². The van der Waals surface area contributed by atoms with Crippen molar-refractivity contribution in [3.05, 3.63) is 11.6 Å². The number of carbonyl (C=O) groups is 1. The van der Waals surface area contributed by atoms with Gasteiger partial charge in [-0.3, -0.25) is 0 Å². The molecule has 0 aromatic carbocycles. The number of hydrogen-bond acceptors (Lipinski definition) is 2. The lowest BCUT2D eigenvalue weighted by molar-refractivity contribution is -0.132. The smallest absolute Gasteiger partial charge is 0.331 e. The van der Waals surface area contributed by atoms with Gasteiger partial charge in [0.25, 0.3) is 0 Å². The van der Waals surface area contributed by atoms with Gasteiger partial charge in [-0.2, -0.15) is 0 Å². The van der Waals surface area contributed by atoms with E-state index in [1.165, 1.54) is 32.1 Å². The molecule has 1 N–H and O–H groups in total. The Morgan fingerprint density at radius 3 is 2.35 bits per heavy atom. The molecule has 0 saturated heterocycles. The Morgan fingerprint density at radius 1 is 1.12 bits per heavy atom. The highest BCUT2D eigenvalue weighted by molar-refractivity contribution is 5.86. The summed E-state index contributed by atoms with van der Waals surface area (Å²) >= 11 is 0. The zero-order valence-corrected chi connectivity index (χ0v) is 11.2. The van der Waals surface area contributed by atoms with Crippen LogP contribution in [0, 0.1) is 0 Å². The second kappa shape index (κ2) is 11.6. The fourth-order valence-corrected chi connectivity index (χ4v) is 1.61. The highest BCUT2D eigenvalue weighted by atomic mass is 16.5. The molecule has 0 aliphatic carbocycles. The van der Waals surface area contributed by atoms with Gasteiger partial charge in [-0.05, 0) is 18.9 Å². The Balaban J connectivity index is 3.36. The van der Waals surface area contributed by atoms with Crippen molar-refractivity contribution in [1.82, 2.24) is 0 Å². The van der Waals surface area contributed by atoms with Gasteiger partial charge in [0.05, 0.1) is 6.61 Å². The molecule has 3 heteroatoms. The summed E-state index contributed by atoms with van der Waals surface area (Å²) in [6.45, 7) is 5.21. The van der Waals surface area contributed by atoms with Crippen LogP contribution in [0.25, 0.3) is 0 Å². The van der Waals surface area contributed by atoms with Gasteiger partial charge >= 0.3 is 5.97 Å². The summed E-state index contributed by atoms with van der Waals surface area (Å²) in [5.74, 6) is -0.837. The first-order chi connectivity index (χ1) is 8.22. The summed E-state index contributed by atoms with van der Waals surface area (Å²) in [5.41, 5.74) is 0.438. The summed E-state index contributed by atoms with van der Waals surface area (Å²) in [4.78, 5) is 10.7. The molecule has 0 spiro atoms. The molecule has 100 valence electrons. The van der Waals surface area contributed by atoms with Crippen molar-refractivity contribution in [3.8, 4) is 0 Å². The molecule has 0 heterocycles. The number of aliphatic carboxylic acids is 1. The third-order valence-electron chi connectivity index (χ3n) is 2.75. The molecular weight excluding hydrogens is 216 g/mol. The van der Waals surface area contributed by atoms with Crippen LogP contribution in [0.2, 0.25) is 0 Å². The summed E-state index contributed by atoms with van der Waals surface area (Å²) in [6, 6.07) is 0. The number of carboxylic acid groups (broad SMARTS) is 1. The van der Waals surface area contributed by atoms with Gasteiger partial charge in [0, 0.05) is 12.2 Å². The number of rotatable bonds is 11. The second-order valence-electron chi connectivity index (χ2n) is 4.23. The third kappa shape index (κ3) is 10.1. The predicted octanol–water partition coefficient (Wildman–Crippen LogP) is 3.78. The third-order valence-corrected chi connectivity index (χ3v) is 2.75. The minimum absolute atomic E-state index is 0.421. The van der Waals surface area contributed by atoms with E-state index in [1.54, 1.807) is 6.08 Å². The summed E-state index contributed by atoms with van der Waals surface area (Å²) in [5, 5.41) is 8.77. The topological polar surface area (TPSA) is 46.5 Å². The van der Waals surface area contributed by atoms with Crippen molar-refractivity contribution in [2.45, 2.75) is 58.8 Å². The zero-order chi connectivity index (χ0) is 12.9. The minimum Gasteiger partial charge on any atom is -0.478 e. The average molecular weight is 242 g/mol. The number of carboxylic acids is 1. The fourth-order valence-electron chi connectivity index (χ4n) is 1.61. The maximum atomic E-state index is 10.7. The first-order valence-corrected chi connectivity index (χ1v) is 6.72. The number of unbranched alkanes of at least 4 members (excludes halogenated alkanes) is 5. The molecule has 0 fully saturated rings. The maximum absolute atomic E-state index is 10.7. The molecule has 0 aromatic rings. The van der Waals surface area contributed by atoms with Crippen molar-refractivity contribution in [3.63, 3.8) is 0 Å². The van der Waals surface area contributed by atoms with E-state index in [0.717, 1.165) is 13.0 Å². The Bertz CT molecular complexity index is 222. The Labute approximate surface area is 105 Å². The van der Waals surface area contributed by atoms with Crippen molar-refractivity contribution >= 4 is 5.97 Å². The van der Waals surface area contributed by atoms with E-state index >= 15 is 0 Å². The van der Waals surface area contributed by atoms with Gasteiger partial charge in [0.2, 0.25) is 0 Å². The fraction of sp³-hybridized carbons (Fsp3) is 0.786. The van der Waals surface area contributed by atoms with E-state index in [4.69, 9.17) is 9.84 Å². The molecule has 0 unspecified atom stereocenters. The molecule has 0 amide bonds. The van der Waals surface area contributed by atoms with Crippen LogP contribution in [0.4, 0.5) is 0 Å². The van der Waals surface area contributed by atoms with Gasteiger partial charge in [-0.15, -0.1) is 0 Å². The van der Waals surface area contributed by atoms with Crippen LogP contribution in [-0.2, 0) is 9.53 Å². The van der Waals surface area contributed by atoms with Crippen LogP contribution in [0.1, 0.15) is 58.8 Å². The van der Waals surface area contributed by atoms with Crippen molar-refractivity contribution < 1.29 is 14.6 Å². The highest BCUT2D eigenvalue weighted by Gasteiger charge is 2.02. The zero-order valence-electron chi connectivity index (χ0n) is 11.2. The molecule has 3 nitrogen and oxygen atoms in total. The van der Waals surface area contributed by atoms with Crippen LogP contribution in [0.3, 0.4) is 0 Å². The van der Waals surface area contributed by atoms with Gasteiger partial charge in [-0.25, -0.2) is 4.79 Å².